The molecule has 1 amide bonds. The first kappa shape index (κ1) is 16.8. The zero-order valence-corrected chi connectivity index (χ0v) is 12.7. The average molecular weight is 325 g/mol. The number of hydrogen-bond donors (Lipinski definition) is 0. The minimum absolute atomic E-state index is 0.0306. The molecule has 1 aromatic rings. The molecule has 1 aliphatic rings. The monoisotopic (exact) mass is 325 g/mol. The molecular formula is C16H14F3NO3. The quantitative estimate of drug-likeness (QED) is 0.620. The normalized spacial score (nSPS) is 17.2. The summed E-state index contributed by atoms with van der Waals surface area (Å²) in [5.74, 6) is -1.32. The average Bonchev–Trinajstić information content (AvgIpc) is 2.70. The van der Waals surface area contributed by atoms with Crippen LogP contribution < -0.4 is 0 Å². The molecule has 0 N–H and O–H groups in total. The number of rotatable bonds is 2. The minimum Gasteiger partial charge on any atom is -0.465 e. The Balaban J connectivity index is 2.63. The van der Waals surface area contributed by atoms with E-state index in [1.165, 1.54) is 37.1 Å². The zero-order valence-electron chi connectivity index (χ0n) is 12.7. The Morgan fingerprint density at radius 1 is 1.26 bits per heavy atom. The first-order valence-electron chi connectivity index (χ1n) is 6.64. The lowest BCUT2D eigenvalue weighted by atomic mass is 10.00. The first-order valence-corrected chi connectivity index (χ1v) is 6.64. The van der Waals surface area contributed by atoms with Crippen LogP contribution in [0.1, 0.15) is 18.1 Å². The summed E-state index contributed by atoms with van der Waals surface area (Å²) < 4.78 is 43.8. The van der Waals surface area contributed by atoms with E-state index < -0.39 is 23.6 Å². The number of ether oxygens (including phenoxy) is 1. The van der Waals surface area contributed by atoms with Gasteiger partial charge in [0.1, 0.15) is 0 Å². The van der Waals surface area contributed by atoms with E-state index in [1.54, 1.807) is 0 Å². The summed E-state index contributed by atoms with van der Waals surface area (Å²) in [5.41, 5.74) is -0.882. The second-order valence-electron chi connectivity index (χ2n) is 4.96. The second-order valence-corrected chi connectivity index (χ2v) is 4.96. The molecule has 0 aliphatic carbocycles. The summed E-state index contributed by atoms with van der Waals surface area (Å²) in [5, 5.41) is 0. The van der Waals surface area contributed by atoms with Crippen LogP contribution in [-0.2, 0) is 20.5 Å². The van der Waals surface area contributed by atoms with Crippen LogP contribution in [-0.4, -0.2) is 30.9 Å². The van der Waals surface area contributed by atoms with Gasteiger partial charge in [0.2, 0.25) is 0 Å². The van der Waals surface area contributed by atoms with Gasteiger partial charge in [-0.05, 0) is 24.6 Å². The number of nitrogens with zero attached hydrogens (tertiary/aromatic N) is 1. The molecule has 0 radical (unpaired) electrons. The molecule has 23 heavy (non-hydrogen) atoms. The van der Waals surface area contributed by atoms with E-state index in [4.69, 9.17) is 0 Å². The highest BCUT2D eigenvalue weighted by atomic mass is 19.4. The number of halogens is 3. The van der Waals surface area contributed by atoms with Crippen LogP contribution in [0.2, 0.25) is 0 Å². The number of carbonyl (C=O) groups is 2. The van der Waals surface area contributed by atoms with E-state index in [9.17, 15) is 22.8 Å². The van der Waals surface area contributed by atoms with Crippen LogP contribution in [0.3, 0.4) is 0 Å². The maximum Gasteiger partial charge on any atom is 0.416 e. The fraction of sp³-hybridized carbons (Fsp3) is 0.250. The largest absolute Gasteiger partial charge is 0.465 e. The van der Waals surface area contributed by atoms with Gasteiger partial charge < -0.3 is 9.64 Å². The fourth-order valence-electron chi connectivity index (χ4n) is 2.33. The molecule has 0 saturated carbocycles. The van der Waals surface area contributed by atoms with Crippen LogP contribution in [0.5, 0.6) is 0 Å². The smallest absolute Gasteiger partial charge is 0.416 e. The maximum atomic E-state index is 13.1. The maximum absolute atomic E-state index is 13.1. The van der Waals surface area contributed by atoms with Gasteiger partial charge in [0.05, 0.1) is 23.8 Å². The van der Waals surface area contributed by atoms with Crippen molar-refractivity contribution in [3.63, 3.8) is 0 Å². The van der Waals surface area contributed by atoms with E-state index in [2.05, 4.69) is 4.74 Å². The van der Waals surface area contributed by atoms with Gasteiger partial charge in [-0.1, -0.05) is 18.2 Å². The minimum atomic E-state index is -4.56. The Labute approximate surface area is 130 Å². The Morgan fingerprint density at radius 2 is 1.87 bits per heavy atom. The lowest BCUT2D eigenvalue weighted by molar-refractivity contribution is -0.138. The molecule has 2 rings (SSSR count). The molecule has 122 valence electrons. The van der Waals surface area contributed by atoms with Crippen molar-refractivity contribution < 1.29 is 27.5 Å². The predicted octanol–water partition coefficient (Wildman–Crippen LogP) is 3.01. The molecular weight excluding hydrogens is 311 g/mol. The molecule has 1 heterocycles. The zero-order chi connectivity index (χ0) is 17.4. The van der Waals surface area contributed by atoms with E-state index in [0.717, 1.165) is 19.3 Å². The molecule has 1 aliphatic heterocycles. The molecule has 4 nitrogen and oxygen atoms in total. The van der Waals surface area contributed by atoms with Gasteiger partial charge in [-0.25, -0.2) is 4.79 Å². The van der Waals surface area contributed by atoms with E-state index in [1.807, 2.05) is 0 Å². The van der Waals surface area contributed by atoms with E-state index >= 15 is 0 Å². The molecule has 0 atom stereocenters. The molecule has 1 aromatic carbocycles. The number of hydrogen-bond acceptors (Lipinski definition) is 3. The van der Waals surface area contributed by atoms with Crippen molar-refractivity contribution in [2.45, 2.75) is 13.1 Å². The van der Waals surface area contributed by atoms with Crippen LogP contribution in [0, 0.1) is 0 Å². The number of benzene rings is 1. The highest BCUT2D eigenvalue weighted by molar-refractivity contribution is 6.16. The van der Waals surface area contributed by atoms with Crippen molar-refractivity contribution in [2.75, 3.05) is 14.2 Å². The summed E-state index contributed by atoms with van der Waals surface area (Å²) in [4.78, 5) is 25.3. The second kappa shape index (κ2) is 5.91. The topological polar surface area (TPSA) is 46.6 Å². The SMILES string of the molecule is COC(=O)C1=C(C)N(C)C(=O)/C1=C/c1ccccc1C(F)(F)F. The van der Waals surface area contributed by atoms with Crippen molar-refractivity contribution in [3.05, 3.63) is 52.2 Å². The van der Waals surface area contributed by atoms with Crippen molar-refractivity contribution in [3.8, 4) is 0 Å². The van der Waals surface area contributed by atoms with Crippen molar-refractivity contribution in [1.29, 1.82) is 0 Å². The molecule has 7 heteroatoms. The van der Waals surface area contributed by atoms with Gasteiger partial charge >= 0.3 is 12.1 Å². The Hall–Kier alpha value is -2.57. The van der Waals surface area contributed by atoms with Crippen LogP contribution in [0.15, 0.2) is 41.1 Å². The van der Waals surface area contributed by atoms with Gasteiger partial charge in [-0.2, -0.15) is 13.2 Å². The Kier molecular flexibility index (Phi) is 4.31. The summed E-state index contributed by atoms with van der Waals surface area (Å²) in [6.45, 7) is 1.53. The Bertz CT molecular complexity index is 732. The molecule has 0 spiro atoms. The van der Waals surface area contributed by atoms with Gasteiger partial charge in [0, 0.05) is 12.7 Å². The highest BCUT2D eigenvalue weighted by Gasteiger charge is 2.37. The molecule has 0 fully saturated rings. The van der Waals surface area contributed by atoms with Gasteiger partial charge in [0.25, 0.3) is 5.91 Å². The van der Waals surface area contributed by atoms with Crippen LogP contribution >= 0.6 is 0 Å². The summed E-state index contributed by atoms with van der Waals surface area (Å²) in [6.07, 6.45) is -3.49. The van der Waals surface area contributed by atoms with Crippen LogP contribution in [0.25, 0.3) is 6.08 Å². The number of alkyl halides is 3. The van der Waals surface area contributed by atoms with E-state index in [0.29, 0.717) is 5.70 Å². The van der Waals surface area contributed by atoms with Crippen molar-refractivity contribution >= 4 is 18.0 Å². The number of likely N-dealkylation sites (N-methyl/N-ethyl adjacent to an activating group) is 1. The van der Waals surface area contributed by atoms with Gasteiger partial charge in [-0.3, -0.25) is 4.79 Å². The molecule has 0 unspecified atom stereocenters. The third-order valence-electron chi connectivity index (χ3n) is 3.62. The third kappa shape index (κ3) is 2.99. The first-order chi connectivity index (χ1) is 10.7. The predicted molar refractivity (Wildman–Crippen MR) is 76.9 cm³/mol. The third-order valence-corrected chi connectivity index (χ3v) is 3.62. The Morgan fingerprint density at radius 3 is 2.43 bits per heavy atom. The number of esters is 1. The summed E-state index contributed by atoms with van der Waals surface area (Å²) in [6, 6.07) is 4.85. The van der Waals surface area contributed by atoms with E-state index in [-0.39, 0.29) is 16.7 Å². The standard InChI is InChI=1S/C16H14F3NO3/c1-9-13(15(22)23-3)11(14(21)20(9)2)8-10-6-4-5-7-12(10)16(17,18)19/h4-8H,1-3H3/b11-8+. The molecule has 0 saturated heterocycles. The summed E-state index contributed by atoms with van der Waals surface area (Å²) in [7, 11) is 2.59. The number of amides is 1. The van der Waals surface area contributed by atoms with Crippen molar-refractivity contribution in [2.24, 2.45) is 0 Å². The number of allylic oxidation sites excluding steroid dienone is 1. The van der Waals surface area contributed by atoms with Gasteiger partial charge in [-0.15, -0.1) is 0 Å². The van der Waals surface area contributed by atoms with Crippen LogP contribution in [0.4, 0.5) is 13.2 Å². The molecule has 0 aromatic heterocycles. The fourth-order valence-corrected chi connectivity index (χ4v) is 2.33. The summed E-state index contributed by atoms with van der Waals surface area (Å²) >= 11 is 0. The van der Waals surface area contributed by atoms with Crippen molar-refractivity contribution in [1.82, 2.24) is 4.90 Å². The lowest BCUT2D eigenvalue weighted by Crippen LogP contribution is -2.19. The number of methoxy groups -OCH3 is 1. The molecule has 0 bridgehead atoms. The number of carbonyl (C=O) groups excluding carboxylic acids is 2. The van der Waals surface area contributed by atoms with Gasteiger partial charge in [0.15, 0.2) is 0 Å². The highest BCUT2D eigenvalue weighted by Crippen LogP contribution is 2.35. The lowest BCUT2D eigenvalue weighted by Gasteiger charge is -2.11.